The highest BCUT2D eigenvalue weighted by Crippen LogP contribution is 2.31. The zero-order valence-electron chi connectivity index (χ0n) is 12.4. The maximum Gasteiger partial charge on any atom is 0.303 e. The maximum atomic E-state index is 12.2. The molecular weight excluding hydrogens is 308 g/mol. The molecule has 1 N–H and O–H groups in total. The molecule has 2 rings (SSSR count). The second kappa shape index (κ2) is 7.45. The van der Waals surface area contributed by atoms with E-state index in [0.717, 1.165) is 0 Å². The minimum atomic E-state index is -0.872. The van der Waals surface area contributed by atoms with Gasteiger partial charge in [0.2, 0.25) is 5.88 Å². The summed E-state index contributed by atoms with van der Waals surface area (Å²) in [7, 11) is 1.62. The van der Waals surface area contributed by atoms with Gasteiger partial charge < -0.3 is 14.7 Å². The largest absolute Gasteiger partial charge is 0.481 e. The number of ether oxygens (including phenoxy) is 1. The molecule has 0 radical (unpaired) electrons. The second-order valence-electron chi connectivity index (χ2n) is 5.49. The molecule has 1 aromatic rings. The lowest BCUT2D eigenvalue weighted by Gasteiger charge is -2.17. The van der Waals surface area contributed by atoms with E-state index in [-0.39, 0.29) is 12.3 Å². The van der Waals surface area contributed by atoms with Crippen LogP contribution in [-0.4, -0.2) is 47.1 Å². The number of carboxylic acid groups (broad SMARTS) is 1. The molecule has 0 unspecified atom stereocenters. The van der Waals surface area contributed by atoms with E-state index < -0.39 is 5.97 Å². The molecule has 0 saturated heterocycles. The Bertz CT molecular complexity index is 560. The number of aromatic nitrogens is 1. The van der Waals surface area contributed by atoms with Crippen LogP contribution < -0.4 is 4.74 Å². The highest BCUT2D eigenvalue weighted by Gasteiger charge is 2.23. The van der Waals surface area contributed by atoms with Crippen LogP contribution in [0.4, 0.5) is 0 Å². The highest BCUT2D eigenvalue weighted by molar-refractivity contribution is 6.32. The predicted molar refractivity (Wildman–Crippen MR) is 81.3 cm³/mol. The van der Waals surface area contributed by atoms with E-state index in [1.54, 1.807) is 7.05 Å². The molecule has 1 fully saturated rings. The molecule has 1 aliphatic carbocycles. The Morgan fingerprint density at radius 1 is 1.50 bits per heavy atom. The van der Waals surface area contributed by atoms with Crippen LogP contribution in [0.1, 0.15) is 36.0 Å². The Morgan fingerprint density at radius 2 is 2.23 bits per heavy atom. The average Bonchev–Trinajstić information content (AvgIpc) is 3.28. The van der Waals surface area contributed by atoms with Crippen molar-refractivity contribution in [1.29, 1.82) is 0 Å². The van der Waals surface area contributed by atoms with Crippen molar-refractivity contribution in [2.45, 2.75) is 25.7 Å². The summed E-state index contributed by atoms with van der Waals surface area (Å²) in [6.45, 7) is 0.970. The summed E-state index contributed by atoms with van der Waals surface area (Å²) in [5, 5.41) is 8.91. The van der Waals surface area contributed by atoms with Gasteiger partial charge in [-0.1, -0.05) is 11.6 Å². The number of carbonyl (C=O) groups excluding carboxylic acids is 1. The van der Waals surface area contributed by atoms with Crippen LogP contribution in [-0.2, 0) is 4.79 Å². The minimum absolute atomic E-state index is 0.0323. The van der Waals surface area contributed by atoms with Gasteiger partial charge in [-0.05, 0) is 31.2 Å². The number of carbonyl (C=O) groups is 2. The SMILES string of the molecule is CN(CCCC(=O)O)C(=O)c1cnc(OCC2CC2)c(Cl)c1. The molecule has 7 heteroatoms. The molecule has 0 spiro atoms. The lowest BCUT2D eigenvalue weighted by Crippen LogP contribution is -2.28. The smallest absolute Gasteiger partial charge is 0.303 e. The van der Waals surface area contributed by atoms with Crippen LogP contribution in [0.2, 0.25) is 5.02 Å². The molecule has 1 heterocycles. The molecule has 1 aromatic heterocycles. The Morgan fingerprint density at radius 3 is 2.82 bits per heavy atom. The van der Waals surface area contributed by atoms with Crippen molar-refractivity contribution >= 4 is 23.5 Å². The monoisotopic (exact) mass is 326 g/mol. The Kier molecular flexibility index (Phi) is 5.60. The summed E-state index contributed by atoms with van der Waals surface area (Å²) in [5.74, 6) is -0.172. The maximum absolute atomic E-state index is 12.2. The molecular formula is C15H19ClN2O4. The fourth-order valence-electron chi connectivity index (χ4n) is 1.92. The van der Waals surface area contributed by atoms with Crippen LogP contribution >= 0.6 is 11.6 Å². The van der Waals surface area contributed by atoms with Gasteiger partial charge >= 0.3 is 5.97 Å². The number of amides is 1. The van der Waals surface area contributed by atoms with Crippen molar-refractivity contribution in [2.24, 2.45) is 5.92 Å². The van der Waals surface area contributed by atoms with Gasteiger partial charge in [-0.25, -0.2) is 4.98 Å². The van der Waals surface area contributed by atoms with Gasteiger partial charge in [0.25, 0.3) is 5.91 Å². The average molecular weight is 327 g/mol. The zero-order valence-corrected chi connectivity index (χ0v) is 13.2. The topological polar surface area (TPSA) is 79.7 Å². The van der Waals surface area contributed by atoms with Crippen LogP contribution in [0.3, 0.4) is 0 Å². The number of hydrogen-bond donors (Lipinski definition) is 1. The van der Waals surface area contributed by atoms with Gasteiger partial charge in [0, 0.05) is 26.2 Å². The van der Waals surface area contributed by atoms with Crippen molar-refractivity contribution in [1.82, 2.24) is 9.88 Å². The summed E-state index contributed by atoms with van der Waals surface area (Å²) >= 11 is 6.09. The fourth-order valence-corrected chi connectivity index (χ4v) is 2.14. The zero-order chi connectivity index (χ0) is 16.1. The summed E-state index contributed by atoms with van der Waals surface area (Å²) in [6, 6.07) is 1.53. The highest BCUT2D eigenvalue weighted by atomic mass is 35.5. The molecule has 1 aliphatic rings. The summed E-state index contributed by atoms with van der Waals surface area (Å²) in [4.78, 5) is 28.2. The Hall–Kier alpha value is -1.82. The van der Waals surface area contributed by atoms with E-state index in [1.165, 1.54) is 30.0 Å². The van der Waals surface area contributed by atoms with Gasteiger partial charge in [-0.2, -0.15) is 0 Å². The van der Waals surface area contributed by atoms with E-state index in [2.05, 4.69) is 4.98 Å². The van der Waals surface area contributed by atoms with Gasteiger partial charge in [0.1, 0.15) is 5.02 Å². The van der Waals surface area contributed by atoms with Gasteiger partial charge in [-0.15, -0.1) is 0 Å². The molecule has 1 amide bonds. The quantitative estimate of drug-likeness (QED) is 0.793. The van der Waals surface area contributed by atoms with Crippen molar-refractivity contribution in [3.05, 3.63) is 22.8 Å². The van der Waals surface area contributed by atoms with Gasteiger partial charge in [0.05, 0.1) is 12.2 Å². The second-order valence-corrected chi connectivity index (χ2v) is 5.90. The molecule has 0 aromatic carbocycles. The predicted octanol–water partition coefficient (Wildman–Crippen LogP) is 2.46. The third-order valence-corrected chi connectivity index (χ3v) is 3.71. The van der Waals surface area contributed by atoms with Crippen LogP contribution in [0.15, 0.2) is 12.3 Å². The lowest BCUT2D eigenvalue weighted by atomic mass is 10.2. The van der Waals surface area contributed by atoms with Gasteiger partial charge in [0.15, 0.2) is 0 Å². The minimum Gasteiger partial charge on any atom is -0.481 e. The van der Waals surface area contributed by atoms with Crippen molar-refractivity contribution in [2.75, 3.05) is 20.2 Å². The standard InChI is InChI=1S/C15H19ClN2O4/c1-18(6-2-3-13(19)20)15(21)11-7-12(16)14(17-8-11)22-9-10-4-5-10/h7-8,10H,2-6,9H2,1H3,(H,19,20). The van der Waals surface area contributed by atoms with Crippen LogP contribution in [0, 0.1) is 5.92 Å². The summed E-state index contributed by atoms with van der Waals surface area (Å²) in [6.07, 6.45) is 4.22. The number of pyridine rings is 1. The molecule has 0 bridgehead atoms. The number of hydrogen-bond acceptors (Lipinski definition) is 4. The van der Waals surface area contributed by atoms with Crippen molar-refractivity contribution < 1.29 is 19.4 Å². The third-order valence-electron chi connectivity index (χ3n) is 3.44. The summed E-state index contributed by atoms with van der Waals surface area (Å²) in [5.41, 5.74) is 0.363. The first kappa shape index (κ1) is 16.5. The van der Waals surface area contributed by atoms with E-state index in [4.69, 9.17) is 21.4 Å². The van der Waals surface area contributed by atoms with Crippen LogP contribution in [0.5, 0.6) is 5.88 Å². The number of carboxylic acids is 1. The molecule has 120 valence electrons. The van der Waals surface area contributed by atoms with Gasteiger partial charge in [-0.3, -0.25) is 9.59 Å². The molecule has 0 atom stereocenters. The van der Waals surface area contributed by atoms with E-state index in [9.17, 15) is 9.59 Å². The van der Waals surface area contributed by atoms with E-state index >= 15 is 0 Å². The van der Waals surface area contributed by atoms with Crippen molar-refractivity contribution in [3.8, 4) is 5.88 Å². The first-order chi connectivity index (χ1) is 10.5. The Balaban J connectivity index is 1.90. The number of halogens is 1. The number of rotatable bonds is 8. The normalized spacial score (nSPS) is 13.7. The fraction of sp³-hybridized carbons (Fsp3) is 0.533. The molecule has 22 heavy (non-hydrogen) atoms. The third kappa shape index (κ3) is 4.87. The van der Waals surface area contributed by atoms with E-state index in [1.807, 2.05) is 0 Å². The molecule has 6 nitrogen and oxygen atoms in total. The van der Waals surface area contributed by atoms with Crippen molar-refractivity contribution in [3.63, 3.8) is 0 Å². The summed E-state index contributed by atoms with van der Waals surface area (Å²) < 4.78 is 5.51. The van der Waals surface area contributed by atoms with Crippen LogP contribution in [0.25, 0.3) is 0 Å². The first-order valence-electron chi connectivity index (χ1n) is 7.23. The number of aliphatic carboxylic acids is 1. The molecule has 1 saturated carbocycles. The van der Waals surface area contributed by atoms with E-state index in [0.29, 0.717) is 42.0 Å². The lowest BCUT2D eigenvalue weighted by molar-refractivity contribution is -0.137. The Labute approximate surface area is 134 Å². The number of nitrogens with zero attached hydrogens (tertiary/aromatic N) is 2. The first-order valence-corrected chi connectivity index (χ1v) is 7.60. The molecule has 0 aliphatic heterocycles.